The fraction of sp³-hybridized carbons (Fsp3) is 0.455. The molecule has 4 heteroatoms. The molecular formula is C11H14F3N. The Bertz CT molecular complexity index is 303. The van der Waals surface area contributed by atoms with E-state index in [-0.39, 0.29) is 5.69 Å². The number of nitrogens with one attached hydrogen (secondary N) is 1. The molecule has 0 spiro atoms. The predicted octanol–water partition coefficient (Wildman–Crippen LogP) is 3.71. The summed E-state index contributed by atoms with van der Waals surface area (Å²) in [7, 11) is 0. The first-order valence-corrected chi connectivity index (χ1v) is 5.03. The molecule has 1 aromatic rings. The van der Waals surface area contributed by atoms with Gasteiger partial charge in [0.25, 0.3) is 0 Å². The van der Waals surface area contributed by atoms with Crippen molar-refractivity contribution in [2.24, 2.45) is 0 Å². The van der Waals surface area contributed by atoms with Gasteiger partial charge >= 0.3 is 0 Å². The first-order chi connectivity index (χ1) is 7.15. The van der Waals surface area contributed by atoms with E-state index in [9.17, 15) is 13.2 Å². The first-order valence-electron chi connectivity index (χ1n) is 5.03. The maximum atomic E-state index is 12.8. The lowest BCUT2D eigenvalue weighted by Gasteiger charge is -2.06. The molecule has 0 fully saturated rings. The van der Waals surface area contributed by atoms with E-state index in [1.807, 2.05) is 0 Å². The van der Waals surface area contributed by atoms with Gasteiger partial charge in [-0.1, -0.05) is 19.8 Å². The quantitative estimate of drug-likeness (QED) is 0.585. The van der Waals surface area contributed by atoms with Gasteiger partial charge in [0, 0.05) is 24.4 Å². The van der Waals surface area contributed by atoms with Crippen LogP contribution < -0.4 is 5.32 Å². The van der Waals surface area contributed by atoms with Crippen molar-refractivity contribution in [1.29, 1.82) is 0 Å². The molecule has 1 aromatic carbocycles. The van der Waals surface area contributed by atoms with Gasteiger partial charge in [0.2, 0.25) is 0 Å². The third-order valence-electron chi connectivity index (χ3n) is 2.09. The average Bonchev–Trinajstić information content (AvgIpc) is 2.21. The van der Waals surface area contributed by atoms with Crippen LogP contribution in [0.15, 0.2) is 12.1 Å². The van der Waals surface area contributed by atoms with Crippen LogP contribution in [0.3, 0.4) is 0 Å². The van der Waals surface area contributed by atoms with E-state index < -0.39 is 17.5 Å². The van der Waals surface area contributed by atoms with Crippen molar-refractivity contribution in [3.63, 3.8) is 0 Å². The van der Waals surface area contributed by atoms with E-state index in [4.69, 9.17) is 0 Å². The molecule has 1 nitrogen and oxygen atoms in total. The number of anilines is 1. The van der Waals surface area contributed by atoms with E-state index in [2.05, 4.69) is 12.2 Å². The maximum absolute atomic E-state index is 12.8. The van der Waals surface area contributed by atoms with E-state index >= 15 is 0 Å². The van der Waals surface area contributed by atoms with E-state index in [1.54, 1.807) is 0 Å². The predicted molar refractivity (Wildman–Crippen MR) is 54.3 cm³/mol. The number of hydrogen-bond donors (Lipinski definition) is 1. The highest BCUT2D eigenvalue weighted by molar-refractivity contribution is 5.43. The standard InChI is InChI=1S/C11H14F3N/c1-2-3-4-5-15-8-6-9(12)11(14)10(13)7-8/h6-7,15H,2-5H2,1H3. The Labute approximate surface area is 87.3 Å². The molecule has 1 N–H and O–H groups in total. The normalized spacial score (nSPS) is 10.4. The third-order valence-corrected chi connectivity index (χ3v) is 2.09. The van der Waals surface area contributed by atoms with Crippen LogP contribution in [0.5, 0.6) is 0 Å². The lowest BCUT2D eigenvalue weighted by molar-refractivity contribution is 0.447. The van der Waals surface area contributed by atoms with Gasteiger partial charge in [-0.05, 0) is 6.42 Å². The molecule has 0 aliphatic heterocycles. The monoisotopic (exact) mass is 217 g/mol. The summed E-state index contributed by atoms with van der Waals surface area (Å²) in [5.41, 5.74) is 0.280. The van der Waals surface area contributed by atoms with Crippen LogP contribution in [0.4, 0.5) is 18.9 Å². The summed E-state index contributed by atoms with van der Waals surface area (Å²) in [4.78, 5) is 0. The molecule has 0 saturated heterocycles. The van der Waals surface area contributed by atoms with Crippen LogP contribution in [0.25, 0.3) is 0 Å². The molecule has 0 aliphatic rings. The molecule has 0 bridgehead atoms. The minimum Gasteiger partial charge on any atom is -0.385 e. The maximum Gasteiger partial charge on any atom is 0.194 e. The SMILES string of the molecule is CCCCCNc1cc(F)c(F)c(F)c1. The molecular weight excluding hydrogens is 203 g/mol. The molecule has 0 amide bonds. The van der Waals surface area contributed by atoms with Crippen LogP contribution in [-0.2, 0) is 0 Å². The van der Waals surface area contributed by atoms with Crippen molar-refractivity contribution in [1.82, 2.24) is 0 Å². The second-order valence-electron chi connectivity index (χ2n) is 3.39. The Morgan fingerprint density at radius 1 is 1.07 bits per heavy atom. The Balaban J connectivity index is 2.55. The van der Waals surface area contributed by atoms with Crippen molar-refractivity contribution in [2.75, 3.05) is 11.9 Å². The smallest absolute Gasteiger partial charge is 0.194 e. The van der Waals surface area contributed by atoms with Gasteiger partial charge < -0.3 is 5.32 Å². The summed E-state index contributed by atoms with van der Waals surface area (Å²) in [6.45, 7) is 2.70. The van der Waals surface area contributed by atoms with Gasteiger partial charge in [-0.3, -0.25) is 0 Å². The fourth-order valence-electron chi connectivity index (χ4n) is 1.27. The fourth-order valence-corrected chi connectivity index (χ4v) is 1.27. The largest absolute Gasteiger partial charge is 0.385 e. The van der Waals surface area contributed by atoms with E-state index in [1.165, 1.54) is 0 Å². The molecule has 15 heavy (non-hydrogen) atoms. The first kappa shape index (κ1) is 11.9. The second-order valence-corrected chi connectivity index (χ2v) is 3.39. The summed E-state index contributed by atoms with van der Waals surface area (Å²) in [6, 6.07) is 1.93. The number of hydrogen-bond acceptors (Lipinski definition) is 1. The average molecular weight is 217 g/mol. The zero-order valence-electron chi connectivity index (χ0n) is 8.62. The summed E-state index contributed by atoms with van der Waals surface area (Å²) >= 11 is 0. The highest BCUT2D eigenvalue weighted by atomic mass is 19.2. The van der Waals surface area contributed by atoms with Crippen molar-refractivity contribution < 1.29 is 13.2 Å². The highest BCUT2D eigenvalue weighted by Crippen LogP contribution is 2.17. The van der Waals surface area contributed by atoms with Gasteiger partial charge in [0.1, 0.15) is 0 Å². The highest BCUT2D eigenvalue weighted by Gasteiger charge is 2.09. The number of unbranched alkanes of at least 4 members (excludes halogenated alkanes) is 2. The summed E-state index contributed by atoms with van der Waals surface area (Å²) < 4.78 is 38.1. The Kier molecular flexibility index (Phi) is 4.46. The van der Waals surface area contributed by atoms with Gasteiger partial charge in [-0.15, -0.1) is 0 Å². The number of rotatable bonds is 5. The summed E-state index contributed by atoms with van der Waals surface area (Å²) in [5, 5.41) is 2.84. The number of halogens is 3. The van der Waals surface area contributed by atoms with Gasteiger partial charge in [0.15, 0.2) is 17.5 Å². The van der Waals surface area contributed by atoms with Crippen LogP contribution in [0.2, 0.25) is 0 Å². The topological polar surface area (TPSA) is 12.0 Å². The van der Waals surface area contributed by atoms with E-state index in [0.717, 1.165) is 31.4 Å². The zero-order chi connectivity index (χ0) is 11.3. The minimum absolute atomic E-state index is 0.280. The summed E-state index contributed by atoms with van der Waals surface area (Å²) in [5.74, 6) is -3.74. The van der Waals surface area contributed by atoms with Crippen molar-refractivity contribution >= 4 is 5.69 Å². The third kappa shape index (κ3) is 3.46. The van der Waals surface area contributed by atoms with Crippen LogP contribution in [0, 0.1) is 17.5 Å². The molecule has 0 aromatic heterocycles. The van der Waals surface area contributed by atoms with Crippen LogP contribution >= 0.6 is 0 Å². The zero-order valence-corrected chi connectivity index (χ0v) is 8.62. The molecule has 1 rings (SSSR count). The Morgan fingerprint density at radius 2 is 1.67 bits per heavy atom. The van der Waals surface area contributed by atoms with Crippen molar-refractivity contribution in [2.45, 2.75) is 26.2 Å². The second kappa shape index (κ2) is 5.63. The molecule has 0 saturated carbocycles. The van der Waals surface area contributed by atoms with Gasteiger partial charge in [-0.25, -0.2) is 13.2 Å². The van der Waals surface area contributed by atoms with Crippen molar-refractivity contribution in [3.05, 3.63) is 29.6 Å². The minimum atomic E-state index is -1.42. The Morgan fingerprint density at radius 3 is 2.20 bits per heavy atom. The van der Waals surface area contributed by atoms with Crippen LogP contribution in [0.1, 0.15) is 26.2 Å². The Hall–Kier alpha value is -1.19. The molecule has 0 aliphatic carbocycles. The lowest BCUT2D eigenvalue weighted by Crippen LogP contribution is -2.03. The van der Waals surface area contributed by atoms with Gasteiger partial charge in [0.05, 0.1) is 0 Å². The van der Waals surface area contributed by atoms with E-state index in [0.29, 0.717) is 6.54 Å². The summed E-state index contributed by atoms with van der Waals surface area (Å²) in [6.07, 6.45) is 3.06. The lowest BCUT2D eigenvalue weighted by atomic mass is 10.2. The number of benzene rings is 1. The van der Waals surface area contributed by atoms with Crippen LogP contribution in [-0.4, -0.2) is 6.54 Å². The van der Waals surface area contributed by atoms with Crippen molar-refractivity contribution in [3.8, 4) is 0 Å². The molecule has 0 atom stereocenters. The molecule has 0 heterocycles. The molecule has 84 valence electrons. The molecule has 0 radical (unpaired) electrons. The van der Waals surface area contributed by atoms with Gasteiger partial charge in [-0.2, -0.15) is 0 Å². The molecule has 0 unspecified atom stereocenters.